The fourth-order valence-corrected chi connectivity index (χ4v) is 2.25. The first-order valence-electron chi connectivity index (χ1n) is 6.87. The normalized spacial score (nSPS) is 11.0. The van der Waals surface area contributed by atoms with Crippen LogP contribution in [0.4, 0.5) is 17.3 Å². The third-order valence-corrected chi connectivity index (χ3v) is 4.03. The topological polar surface area (TPSA) is 93.2 Å². The summed E-state index contributed by atoms with van der Waals surface area (Å²) in [4.78, 5) is 0. The molecule has 7 nitrogen and oxygen atoms in total. The summed E-state index contributed by atoms with van der Waals surface area (Å²) in [5.41, 5.74) is 0.764. The lowest BCUT2D eigenvalue weighted by molar-refractivity contribution is 0.342. The standard InChI is InChI=1S/C14H18N4O3S/c1-3-21-12-8-6-5-7-11(12)15-13-9-10-14(17-16-13)18-22(19,20)4-2/h5-10H,3-4H2,1-2H3,(H,15,16)(H,17,18). The van der Waals surface area contributed by atoms with Gasteiger partial charge < -0.3 is 10.1 Å². The average Bonchev–Trinajstić information content (AvgIpc) is 2.51. The zero-order valence-corrected chi connectivity index (χ0v) is 13.2. The minimum Gasteiger partial charge on any atom is -0.492 e. The summed E-state index contributed by atoms with van der Waals surface area (Å²) < 4.78 is 30.7. The molecular weight excluding hydrogens is 304 g/mol. The first-order chi connectivity index (χ1) is 10.5. The number of nitrogens with one attached hydrogen (secondary N) is 2. The number of anilines is 3. The molecule has 0 radical (unpaired) electrons. The smallest absolute Gasteiger partial charge is 0.233 e. The van der Waals surface area contributed by atoms with Crippen LogP contribution in [0, 0.1) is 0 Å². The van der Waals surface area contributed by atoms with Crippen LogP contribution in [0.25, 0.3) is 0 Å². The lowest BCUT2D eigenvalue weighted by Crippen LogP contribution is -2.15. The minimum absolute atomic E-state index is 0.0174. The summed E-state index contributed by atoms with van der Waals surface area (Å²) in [6.45, 7) is 4.02. The second-order valence-corrected chi connectivity index (χ2v) is 6.37. The molecule has 22 heavy (non-hydrogen) atoms. The van der Waals surface area contributed by atoms with Gasteiger partial charge in [-0.05, 0) is 38.1 Å². The van der Waals surface area contributed by atoms with Crippen LogP contribution in [-0.4, -0.2) is 31.0 Å². The van der Waals surface area contributed by atoms with Crippen LogP contribution in [0.1, 0.15) is 13.8 Å². The second kappa shape index (κ2) is 7.08. The van der Waals surface area contributed by atoms with Crippen molar-refractivity contribution >= 4 is 27.3 Å². The number of ether oxygens (including phenoxy) is 1. The van der Waals surface area contributed by atoms with Crippen molar-refractivity contribution in [1.82, 2.24) is 10.2 Å². The van der Waals surface area contributed by atoms with Crippen molar-refractivity contribution in [2.45, 2.75) is 13.8 Å². The Morgan fingerprint density at radius 3 is 2.36 bits per heavy atom. The highest BCUT2D eigenvalue weighted by Crippen LogP contribution is 2.26. The number of sulfonamides is 1. The van der Waals surface area contributed by atoms with Crippen LogP contribution in [-0.2, 0) is 10.0 Å². The lowest BCUT2D eigenvalue weighted by Gasteiger charge is -2.11. The van der Waals surface area contributed by atoms with E-state index >= 15 is 0 Å². The maximum Gasteiger partial charge on any atom is 0.233 e. The van der Waals surface area contributed by atoms with Gasteiger partial charge in [0.15, 0.2) is 11.6 Å². The van der Waals surface area contributed by atoms with Crippen LogP contribution in [0.3, 0.4) is 0 Å². The van der Waals surface area contributed by atoms with E-state index in [-0.39, 0.29) is 11.6 Å². The first kappa shape index (κ1) is 16.0. The molecule has 0 fully saturated rings. The number of aromatic nitrogens is 2. The molecule has 1 aromatic heterocycles. The third kappa shape index (κ3) is 4.32. The Bertz CT molecular complexity index is 717. The van der Waals surface area contributed by atoms with Gasteiger partial charge in [-0.1, -0.05) is 12.1 Å². The summed E-state index contributed by atoms with van der Waals surface area (Å²) in [5.74, 6) is 1.37. The summed E-state index contributed by atoms with van der Waals surface area (Å²) in [7, 11) is -3.35. The Morgan fingerprint density at radius 2 is 1.73 bits per heavy atom. The highest BCUT2D eigenvalue weighted by atomic mass is 32.2. The van der Waals surface area contributed by atoms with Crippen molar-refractivity contribution < 1.29 is 13.2 Å². The molecule has 2 rings (SSSR count). The van der Waals surface area contributed by atoms with Gasteiger partial charge in [0.2, 0.25) is 10.0 Å². The molecule has 0 aliphatic heterocycles. The Balaban J connectivity index is 2.12. The largest absolute Gasteiger partial charge is 0.492 e. The monoisotopic (exact) mass is 322 g/mol. The number of hydrogen-bond donors (Lipinski definition) is 2. The van der Waals surface area contributed by atoms with Gasteiger partial charge in [0, 0.05) is 0 Å². The van der Waals surface area contributed by atoms with E-state index in [1.807, 2.05) is 31.2 Å². The van der Waals surface area contributed by atoms with Crippen molar-refractivity contribution in [3.63, 3.8) is 0 Å². The van der Waals surface area contributed by atoms with E-state index in [1.165, 1.54) is 0 Å². The van der Waals surface area contributed by atoms with E-state index in [1.54, 1.807) is 19.1 Å². The summed E-state index contributed by atoms with van der Waals surface area (Å²) in [6.07, 6.45) is 0. The van der Waals surface area contributed by atoms with Gasteiger partial charge in [-0.3, -0.25) is 4.72 Å². The van der Waals surface area contributed by atoms with Gasteiger partial charge in [-0.25, -0.2) is 8.42 Å². The molecule has 0 atom stereocenters. The maximum atomic E-state index is 11.5. The average molecular weight is 322 g/mol. The SMILES string of the molecule is CCOc1ccccc1Nc1ccc(NS(=O)(=O)CC)nn1. The molecule has 1 heterocycles. The molecule has 0 spiro atoms. The zero-order chi connectivity index (χ0) is 16.0. The Labute approximate surface area is 129 Å². The third-order valence-electron chi connectivity index (χ3n) is 2.75. The Kier molecular flexibility index (Phi) is 5.16. The number of rotatable bonds is 7. The summed E-state index contributed by atoms with van der Waals surface area (Å²) >= 11 is 0. The highest BCUT2D eigenvalue weighted by Gasteiger charge is 2.09. The molecule has 0 aliphatic rings. The van der Waals surface area contributed by atoms with Gasteiger partial charge in [0.1, 0.15) is 5.75 Å². The molecule has 1 aromatic carbocycles. The van der Waals surface area contributed by atoms with Crippen LogP contribution >= 0.6 is 0 Å². The van der Waals surface area contributed by atoms with E-state index in [9.17, 15) is 8.42 Å². The van der Waals surface area contributed by atoms with Crippen LogP contribution in [0.5, 0.6) is 5.75 Å². The van der Waals surface area contributed by atoms with E-state index in [0.717, 1.165) is 5.69 Å². The number of para-hydroxylation sites is 2. The fourth-order valence-electron chi connectivity index (χ4n) is 1.67. The Hall–Kier alpha value is -2.35. The van der Waals surface area contributed by atoms with Gasteiger partial charge in [0.05, 0.1) is 18.0 Å². The molecular formula is C14H18N4O3S. The molecule has 0 amide bonds. The van der Waals surface area contributed by atoms with Crippen molar-refractivity contribution in [3.05, 3.63) is 36.4 Å². The van der Waals surface area contributed by atoms with Crippen LogP contribution in [0.2, 0.25) is 0 Å². The van der Waals surface area contributed by atoms with Crippen molar-refractivity contribution in [2.24, 2.45) is 0 Å². The molecule has 0 bridgehead atoms. The van der Waals surface area contributed by atoms with E-state index < -0.39 is 10.0 Å². The number of benzene rings is 1. The van der Waals surface area contributed by atoms with Crippen molar-refractivity contribution in [1.29, 1.82) is 0 Å². The van der Waals surface area contributed by atoms with Gasteiger partial charge in [-0.15, -0.1) is 10.2 Å². The van der Waals surface area contributed by atoms with E-state index in [0.29, 0.717) is 18.2 Å². The zero-order valence-electron chi connectivity index (χ0n) is 12.4. The van der Waals surface area contributed by atoms with Crippen molar-refractivity contribution in [3.8, 4) is 5.75 Å². The first-order valence-corrected chi connectivity index (χ1v) is 8.52. The molecule has 0 unspecified atom stereocenters. The lowest BCUT2D eigenvalue weighted by atomic mass is 10.3. The molecule has 0 saturated carbocycles. The highest BCUT2D eigenvalue weighted by molar-refractivity contribution is 7.92. The van der Waals surface area contributed by atoms with Crippen LogP contribution < -0.4 is 14.8 Å². The minimum atomic E-state index is -3.35. The Morgan fingerprint density at radius 1 is 1.05 bits per heavy atom. The predicted molar refractivity (Wildman–Crippen MR) is 86.0 cm³/mol. The number of hydrogen-bond acceptors (Lipinski definition) is 6. The summed E-state index contributed by atoms with van der Waals surface area (Å²) in [5, 5.41) is 10.9. The van der Waals surface area contributed by atoms with E-state index in [4.69, 9.17) is 4.74 Å². The predicted octanol–water partition coefficient (Wildman–Crippen LogP) is 2.38. The second-order valence-electron chi connectivity index (χ2n) is 4.36. The molecule has 8 heteroatoms. The van der Waals surface area contributed by atoms with Crippen molar-refractivity contribution in [2.75, 3.05) is 22.4 Å². The quantitative estimate of drug-likeness (QED) is 0.813. The summed E-state index contributed by atoms with van der Waals surface area (Å²) in [6, 6.07) is 10.7. The van der Waals surface area contributed by atoms with E-state index in [2.05, 4.69) is 20.2 Å². The number of nitrogens with zero attached hydrogens (tertiary/aromatic N) is 2. The van der Waals surface area contributed by atoms with Gasteiger partial charge in [0.25, 0.3) is 0 Å². The van der Waals surface area contributed by atoms with Gasteiger partial charge in [-0.2, -0.15) is 0 Å². The maximum absolute atomic E-state index is 11.5. The molecule has 118 valence electrons. The van der Waals surface area contributed by atoms with Crippen LogP contribution in [0.15, 0.2) is 36.4 Å². The molecule has 0 saturated heterocycles. The fraction of sp³-hybridized carbons (Fsp3) is 0.286. The van der Waals surface area contributed by atoms with Gasteiger partial charge >= 0.3 is 0 Å². The molecule has 2 N–H and O–H groups in total. The molecule has 2 aromatic rings. The molecule has 0 aliphatic carbocycles.